The minimum atomic E-state index is -1.41. The molecule has 2 aliphatic heterocycles. The van der Waals surface area contributed by atoms with Crippen LogP contribution in [0, 0.1) is 0 Å². The fourth-order valence-electron chi connectivity index (χ4n) is 1.34. The van der Waals surface area contributed by atoms with Crippen LogP contribution in [0.5, 0.6) is 0 Å². The summed E-state index contributed by atoms with van der Waals surface area (Å²) in [7, 11) is 0. The minimum Gasteiger partial charge on any atom is -0.378 e. The van der Waals surface area contributed by atoms with E-state index in [0.717, 1.165) is 24.0 Å². The van der Waals surface area contributed by atoms with Gasteiger partial charge in [0.05, 0.1) is 13.2 Å². The van der Waals surface area contributed by atoms with E-state index in [9.17, 15) is 4.21 Å². The topological polar surface area (TPSA) is 54.3 Å². The number of nitrogens with zero attached hydrogens (tertiary/aromatic N) is 3. The maximum atomic E-state index is 11.1. The number of amidine groups is 1. The molecule has 14 heavy (non-hydrogen) atoms. The fraction of sp³-hybridized carbons (Fsp3) is 0.714. The molecule has 0 aliphatic carbocycles. The third-order valence-corrected chi connectivity index (χ3v) is 3.46. The van der Waals surface area contributed by atoms with Gasteiger partial charge in [0.1, 0.15) is 0 Å². The van der Waals surface area contributed by atoms with E-state index in [4.69, 9.17) is 4.74 Å². The maximum Gasteiger partial charge on any atom is 0.268 e. The summed E-state index contributed by atoms with van der Waals surface area (Å²) >= 11 is 0.0697. The van der Waals surface area contributed by atoms with Gasteiger partial charge in [0.2, 0.25) is 0 Å². The molecule has 0 bridgehead atoms. The van der Waals surface area contributed by atoms with Crippen LogP contribution >= 0.6 is 11.8 Å². The number of ether oxygens (including phenoxy) is 1. The van der Waals surface area contributed by atoms with Crippen molar-refractivity contribution in [3.63, 3.8) is 0 Å². The van der Waals surface area contributed by atoms with Crippen molar-refractivity contribution < 1.29 is 8.95 Å². The van der Waals surface area contributed by atoms with E-state index < -0.39 is 11.2 Å². The summed E-state index contributed by atoms with van der Waals surface area (Å²) in [6.07, 6.45) is 1.91. The molecule has 78 valence electrons. The molecule has 2 aliphatic rings. The summed E-state index contributed by atoms with van der Waals surface area (Å²) in [6.45, 7) is 3.01. The Hall–Kier alpha value is -0.400. The zero-order chi connectivity index (χ0) is 9.97. The molecule has 2 rings (SSSR count). The first-order chi connectivity index (χ1) is 6.81. The van der Waals surface area contributed by atoms with Crippen LogP contribution < -0.4 is 0 Å². The Morgan fingerprint density at radius 3 is 2.79 bits per heavy atom. The van der Waals surface area contributed by atoms with E-state index in [-0.39, 0.29) is 0 Å². The molecule has 5 nitrogen and oxygen atoms in total. The highest BCUT2D eigenvalue weighted by atomic mass is 32.2. The summed E-state index contributed by atoms with van der Waals surface area (Å²) in [5.41, 5.74) is 0. The van der Waals surface area contributed by atoms with Gasteiger partial charge in [-0.05, 0) is 6.26 Å². The molecule has 0 radical (unpaired) electrons. The summed E-state index contributed by atoms with van der Waals surface area (Å²) in [5, 5.41) is 0.769. The van der Waals surface area contributed by atoms with Gasteiger partial charge in [-0.3, -0.25) is 0 Å². The van der Waals surface area contributed by atoms with E-state index in [1.807, 2.05) is 6.26 Å². The van der Waals surface area contributed by atoms with E-state index >= 15 is 0 Å². The van der Waals surface area contributed by atoms with Crippen LogP contribution in [-0.2, 0) is 15.9 Å². The second kappa shape index (κ2) is 4.41. The lowest BCUT2D eigenvalue weighted by Gasteiger charge is -2.28. The Labute approximate surface area is 89.3 Å². The van der Waals surface area contributed by atoms with Gasteiger partial charge in [-0.15, -0.1) is 16.2 Å². The smallest absolute Gasteiger partial charge is 0.268 e. The lowest BCUT2D eigenvalue weighted by Crippen LogP contribution is -2.42. The number of hydrogen-bond donors (Lipinski definition) is 0. The molecule has 1 saturated heterocycles. The van der Waals surface area contributed by atoms with Gasteiger partial charge in [-0.1, -0.05) is 0 Å². The molecule has 0 saturated carbocycles. The zero-order valence-electron chi connectivity index (χ0n) is 7.80. The Balaban J connectivity index is 2.13. The van der Waals surface area contributed by atoms with E-state index in [2.05, 4.69) is 13.7 Å². The Morgan fingerprint density at radius 1 is 1.43 bits per heavy atom. The van der Waals surface area contributed by atoms with Crippen molar-refractivity contribution in [2.45, 2.75) is 0 Å². The van der Waals surface area contributed by atoms with Crippen LogP contribution in [-0.4, -0.2) is 52.5 Å². The highest BCUT2D eigenvalue weighted by Gasteiger charge is 2.25. The van der Waals surface area contributed by atoms with Gasteiger partial charge in [0, 0.05) is 13.1 Å². The molecule has 2 heterocycles. The molecule has 0 N–H and O–H groups in total. The van der Waals surface area contributed by atoms with Gasteiger partial charge in [-0.25, -0.2) is 4.21 Å². The third-order valence-electron chi connectivity index (χ3n) is 2.02. The predicted octanol–water partition coefficient (Wildman–Crippen LogP) is 0.0709. The largest absolute Gasteiger partial charge is 0.378 e. The van der Waals surface area contributed by atoms with Crippen LogP contribution in [0.15, 0.2) is 8.80 Å². The summed E-state index contributed by atoms with van der Waals surface area (Å²) < 4.78 is 24.3. The van der Waals surface area contributed by atoms with Gasteiger partial charge < -0.3 is 9.64 Å². The average molecular weight is 233 g/mol. The molecule has 0 aromatic heterocycles. The molecular formula is C7H11N3O2S2. The zero-order valence-corrected chi connectivity index (χ0v) is 9.44. The van der Waals surface area contributed by atoms with Crippen molar-refractivity contribution in [2.24, 2.45) is 8.80 Å². The predicted molar refractivity (Wildman–Crippen MR) is 58.9 cm³/mol. The van der Waals surface area contributed by atoms with Crippen molar-refractivity contribution in [2.75, 3.05) is 32.6 Å². The number of hydrogen-bond acceptors (Lipinski definition) is 4. The second-order valence-corrected chi connectivity index (χ2v) is 4.47. The maximum absolute atomic E-state index is 11.1. The quantitative estimate of drug-likeness (QED) is 0.594. The Bertz CT molecular complexity index is 310. The van der Waals surface area contributed by atoms with Crippen molar-refractivity contribution in [1.29, 1.82) is 0 Å². The van der Waals surface area contributed by atoms with Gasteiger partial charge in [0.25, 0.3) is 11.2 Å². The van der Waals surface area contributed by atoms with Crippen LogP contribution in [0.4, 0.5) is 0 Å². The second-order valence-electron chi connectivity index (χ2n) is 2.85. The summed E-state index contributed by atoms with van der Waals surface area (Å²) in [6, 6.07) is 0. The molecule has 0 aromatic carbocycles. The van der Waals surface area contributed by atoms with Crippen molar-refractivity contribution in [1.82, 2.24) is 4.90 Å². The Kier molecular flexibility index (Phi) is 3.19. The van der Waals surface area contributed by atoms with Crippen LogP contribution in [0.25, 0.3) is 0 Å². The standard InChI is InChI=1S/C7H11N3O2S2/c1-13-7-6(8-14(11)9-7)10-2-4-12-5-3-10/h2-5H2,1H3. The third kappa shape index (κ3) is 1.99. The fourth-order valence-corrected chi connectivity index (χ4v) is 2.86. The molecule has 0 amide bonds. The van der Waals surface area contributed by atoms with E-state index in [0.29, 0.717) is 13.2 Å². The highest BCUT2D eigenvalue weighted by Crippen LogP contribution is 2.15. The lowest BCUT2D eigenvalue weighted by atomic mass is 10.4. The van der Waals surface area contributed by atoms with Gasteiger partial charge in [-0.2, -0.15) is 4.40 Å². The van der Waals surface area contributed by atoms with Crippen molar-refractivity contribution in [3.8, 4) is 0 Å². The highest BCUT2D eigenvalue weighted by molar-refractivity contribution is 8.16. The lowest BCUT2D eigenvalue weighted by molar-refractivity contribution is 0.0690. The number of thioether (sulfide) groups is 1. The molecule has 0 spiro atoms. The Morgan fingerprint density at radius 2 is 2.14 bits per heavy atom. The normalized spacial score (nSPS) is 27.5. The number of morpholine rings is 1. The van der Waals surface area contributed by atoms with E-state index in [1.54, 1.807) is 0 Å². The SMILES string of the molecule is CSC1=NS(=O)N=C1N1CCOCC1. The van der Waals surface area contributed by atoms with Gasteiger partial charge in [0.15, 0.2) is 10.9 Å². The summed E-state index contributed by atoms with van der Waals surface area (Å²) in [4.78, 5) is 2.07. The first-order valence-electron chi connectivity index (χ1n) is 4.27. The van der Waals surface area contributed by atoms with Crippen LogP contribution in [0.1, 0.15) is 0 Å². The van der Waals surface area contributed by atoms with Gasteiger partial charge >= 0.3 is 0 Å². The minimum absolute atomic E-state index is 0.702. The molecule has 1 fully saturated rings. The molecular weight excluding hydrogens is 222 g/mol. The first-order valence-corrected chi connectivity index (χ1v) is 6.56. The molecule has 7 heteroatoms. The molecule has 0 aromatic rings. The van der Waals surface area contributed by atoms with E-state index in [1.165, 1.54) is 11.8 Å². The molecule has 1 atom stereocenters. The van der Waals surface area contributed by atoms with Crippen molar-refractivity contribution >= 4 is 33.8 Å². The van der Waals surface area contributed by atoms with Crippen LogP contribution in [0.2, 0.25) is 0 Å². The van der Waals surface area contributed by atoms with Crippen LogP contribution in [0.3, 0.4) is 0 Å². The first kappa shape index (κ1) is 10.1. The molecule has 1 unspecified atom stereocenters. The monoisotopic (exact) mass is 233 g/mol. The summed E-state index contributed by atoms with van der Waals surface area (Å²) in [5.74, 6) is 0.763. The average Bonchev–Trinajstić information content (AvgIpc) is 2.61. The van der Waals surface area contributed by atoms with Crippen molar-refractivity contribution in [3.05, 3.63) is 0 Å². The number of rotatable bonds is 0.